The lowest BCUT2D eigenvalue weighted by Crippen LogP contribution is -2.34. The number of nitrogens with one attached hydrogen (secondary N) is 1. The van der Waals surface area contributed by atoms with Gasteiger partial charge in [0.15, 0.2) is 0 Å². The first kappa shape index (κ1) is 13.9. The largest absolute Gasteiger partial charge is 0.393 e. The first-order chi connectivity index (χ1) is 6.70. The minimum absolute atomic E-state index is 0.216. The van der Waals surface area contributed by atoms with Gasteiger partial charge in [-0.15, -0.1) is 0 Å². The summed E-state index contributed by atoms with van der Waals surface area (Å²) in [5.41, 5.74) is 0. The maximum absolute atomic E-state index is 9.31. The number of aliphatic hydroxyl groups excluding tert-OH is 1. The molecule has 0 aromatic heterocycles. The third-order valence-electron chi connectivity index (χ3n) is 2.27. The minimum atomic E-state index is -0.216. The second-order valence-corrected chi connectivity index (χ2v) is 3.87. The van der Waals surface area contributed by atoms with Crippen LogP contribution in [0.1, 0.15) is 39.5 Å². The standard InChI is InChI=1S/C11H25NO2/c1-4-5-6-11(9-10(2)13)12-7-8-14-3/h10-13H,4-9H2,1-3H3. The molecule has 0 rings (SSSR count). The first-order valence-electron chi connectivity index (χ1n) is 5.61. The molecule has 0 aromatic rings. The monoisotopic (exact) mass is 203 g/mol. The highest BCUT2D eigenvalue weighted by molar-refractivity contribution is 4.69. The third-order valence-corrected chi connectivity index (χ3v) is 2.27. The van der Waals surface area contributed by atoms with E-state index < -0.39 is 0 Å². The van der Waals surface area contributed by atoms with Gasteiger partial charge in [0.2, 0.25) is 0 Å². The molecule has 0 bridgehead atoms. The van der Waals surface area contributed by atoms with Crippen molar-refractivity contribution in [2.45, 2.75) is 51.7 Å². The van der Waals surface area contributed by atoms with Crippen molar-refractivity contribution in [1.29, 1.82) is 0 Å². The summed E-state index contributed by atoms with van der Waals surface area (Å²) < 4.78 is 4.98. The van der Waals surface area contributed by atoms with Crippen molar-refractivity contribution in [3.8, 4) is 0 Å². The second-order valence-electron chi connectivity index (χ2n) is 3.87. The molecule has 0 amide bonds. The van der Waals surface area contributed by atoms with Gasteiger partial charge in [0, 0.05) is 19.7 Å². The van der Waals surface area contributed by atoms with E-state index in [0.717, 1.165) is 26.0 Å². The van der Waals surface area contributed by atoms with Gasteiger partial charge < -0.3 is 15.2 Å². The maximum atomic E-state index is 9.31. The Labute approximate surface area is 87.8 Å². The van der Waals surface area contributed by atoms with E-state index in [-0.39, 0.29) is 6.10 Å². The molecule has 0 spiro atoms. The van der Waals surface area contributed by atoms with Crippen LogP contribution < -0.4 is 5.32 Å². The van der Waals surface area contributed by atoms with E-state index >= 15 is 0 Å². The van der Waals surface area contributed by atoms with Crippen molar-refractivity contribution in [2.24, 2.45) is 0 Å². The molecule has 2 atom stereocenters. The van der Waals surface area contributed by atoms with Crippen molar-refractivity contribution in [1.82, 2.24) is 5.32 Å². The summed E-state index contributed by atoms with van der Waals surface area (Å²) in [5.74, 6) is 0. The minimum Gasteiger partial charge on any atom is -0.393 e. The molecule has 2 N–H and O–H groups in total. The van der Waals surface area contributed by atoms with E-state index in [1.54, 1.807) is 7.11 Å². The molecular weight excluding hydrogens is 178 g/mol. The van der Waals surface area contributed by atoms with Crippen LogP contribution in [-0.4, -0.2) is 37.5 Å². The lowest BCUT2D eigenvalue weighted by molar-refractivity contribution is 0.156. The van der Waals surface area contributed by atoms with Crippen LogP contribution in [0.2, 0.25) is 0 Å². The molecule has 0 saturated carbocycles. The predicted octanol–water partition coefficient (Wildman–Crippen LogP) is 1.55. The van der Waals surface area contributed by atoms with Crippen molar-refractivity contribution in [2.75, 3.05) is 20.3 Å². The Morgan fingerprint density at radius 1 is 1.43 bits per heavy atom. The molecule has 0 aromatic carbocycles. The third kappa shape index (κ3) is 8.48. The fourth-order valence-electron chi connectivity index (χ4n) is 1.53. The zero-order valence-electron chi connectivity index (χ0n) is 9.75. The average Bonchev–Trinajstić information content (AvgIpc) is 2.13. The lowest BCUT2D eigenvalue weighted by atomic mass is 10.0. The molecule has 0 saturated heterocycles. The van der Waals surface area contributed by atoms with Crippen LogP contribution in [0.15, 0.2) is 0 Å². The maximum Gasteiger partial charge on any atom is 0.0587 e. The Morgan fingerprint density at radius 3 is 2.64 bits per heavy atom. The summed E-state index contributed by atoms with van der Waals surface area (Å²) in [7, 11) is 1.71. The zero-order valence-corrected chi connectivity index (χ0v) is 9.75. The summed E-state index contributed by atoms with van der Waals surface area (Å²) in [6, 6.07) is 0.435. The van der Waals surface area contributed by atoms with Gasteiger partial charge in [0.1, 0.15) is 0 Å². The van der Waals surface area contributed by atoms with Gasteiger partial charge in [0.05, 0.1) is 12.7 Å². The van der Waals surface area contributed by atoms with Crippen molar-refractivity contribution >= 4 is 0 Å². The van der Waals surface area contributed by atoms with Gasteiger partial charge >= 0.3 is 0 Å². The highest BCUT2D eigenvalue weighted by atomic mass is 16.5. The quantitative estimate of drug-likeness (QED) is 0.559. The predicted molar refractivity (Wildman–Crippen MR) is 59.5 cm³/mol. The molecule has 0 heterocycles. The van der Waals surface area contributed by atoms with Crippen molar-refractivity contribution in [3.05, 3.63) is 0 Å². The number of methoxy groups -OCH3 is 1. The molecule has 0 aliphatic carbocycles. The van der Waals surface area contributed by atoms with Gasteiger partial charge in [-0.1, -0.05) is 19.8 Å². The van der Waals surface area contributed by atoms with E-state index in [4.69, 9.17) is 4.74 Å². The van der Waals surface area contributed by atoms with Gasteiger partial charge in [-0.25, -0.2) is 0 Å². The van der Waals surface area contributed by atoms with Crippen LogP contribution in [0.4, 0.5) is 0 Å². The van der Waals surface area contributed by atoms with E-state index in [2.05, 4.69) is 12.2 Å². The Kier molecular flexibility index (Phi) is 9.35. The van der Waals surface area contributed by atoms with Crippen LogP contribution >= 0.6 is 0 Å². The molecular formula is C11H25NO2. The Hall–Kier alpha value is -0.120. The Balaban J connectivity index is 3.61. The summed E-state index contributed by atoms with van der Waals surface area (Å²) in [4.78, 5) is 0. The number of rotatable bonds is 9. The molecule has 14 heavy (non-hydrogen) atoms. The molecule has 3 nitrogen and oxygen atoms in total. The normalized spacial score (nSPS) is 15.4. The Bertz CT molecular complexity index is 118. The Morgan fingerprint density at radius 2 is 2.14 bits per heavy atom. The first-order valence-corrected chi connectivity index (χ1v) is 5.61. The number of unbranched alkanes of at least 4 members (excludes halogenated alkanes) is 1. The van der Waals surface area contributed by atoms with Crippen molar-refractivity contribution < 1.29 is 9.84 Å². The molecule has 0 aliphatic heterocycles. The van der Waals surface area contributed by atoms with E-state index in [1.807, 2.05) is 6.92 Å². The number of ether oxygens (including phenoxy) is 1. The van der Waals surface area contributed by atoms with Crippen LogP contribution in [0.5, 0.6) is 0 Å². The fourth-order valence-corrected chi connectivity index (χ4v) is 1.53. The smallest absolute Gasteiger partial charge is 0.0587 e. The molecule has 0 radical (unpaired) electrons. The van der Waals surface area contributed by atoms with Crippen LogP contribution in [0.25, 0.3) is 0 Å². The molecule has 2 unspecified atom stereocenters. The van der Waals surface area contributed by atoms with E-state index in [9.17, 15) is 5.11 Å². The second kappa shape index (κ2) is 9.44. The van der Waals surface area contributed by atoms with Crippen LogP contribution in [0, 0.1) is 0 Å². The average molecular weight is 203 g/mol. The van der Waals surface area contributed by atoms with Crippen LogP contribution in [-0.2, 0) is 4.74 Å². The van der Waals surface area contributed by atoms with Gasteiger partial charge in [-0.3, -0.25) is 0 Å². The highest BCUT2D eigenvalue weighted by Crippen LogP contribution is 2.06. The summed E-state index contributed by atoms with van der Waals surface area (Å²) >= 11 is 0. The van der Waals surface area contributed by atoms with Gasteiger partial charge in [-0.05, 0) is 19.8 Å². The highest BCUT2D eigenvalue weighted by Gasteiger charge is 2.09. The van der Waals surface area contributed by atoms with Gasteiger partial charge in [0.25, 0.3) is 0 Å². The van der Waals surface area contributed by atoms with Crippen molar-refractivity contribution in [3.63, 3.8) is 0 Å². The van der Waals surface area contributed by atoms with E-state index in [0.29, 0.717) is 6.04 Å². The molecule has 0 aliphatic rings. The number of aliphatic hydroxyl groups is 1. The van der Waals surface area contributed by atoms with Gasteiger partial charge in [-0.2, -0.15) is 0 Å². The van der Waals surface area contributed by atoms with E-state index in [1.165, 1.54) is 12.8 Å². The summed E-state index contributed by atoms with van der Waals surface area (Å²) in [6.07, 6.45) is 4.20. The zero-order chi connectivity index (χ0) is 10.8. The lowest BCUT2D eigenvalue weighted by Gasteiger charge is -2.19. The van der Waals surface area contributed by atoms with Crippen LogP contribution in [0.3, 0.4) is 0 Å². The molecule has 3 heteroatoms. The summed E-state index contributed by atoms with van der Waals surface area (Å²) in [5, 5.41) is 12.7. The fraction of sp³-hybridized carbons (Fsp3) is 1.00. The SMILES string of the molecule is CCCCC(CC(C)O)NCCOC. The topological polar surface area (TPSA) is 41.5 Å². The number of hydrogen-bond acceptors (Lipinski definition) is 3. The molecule has 0 fully saturated rings. The summed E-state index contributed by atoms with van der Waals surface area (Å²) in [6.45, 7) is 5.64. The number of hydrogen-bond donors (Lipinski definition) is 2. The molecule has 86 valence electrons.